The zero-order valence-corrected chi connectivity index (χ0v) is 19.1. The zero-order valence-electron chi connectivity index (χ0n) is 18.3. The highest BCUT2D eigenvalue weighted by molar-refractivity contribution is 7.14. The average molecular weight is 462 g/mol. The van der Waals surface area contributed by atoms with Crippen molar-refractivity contribution >= 4 is 17.2 Å². The van der Waals surface area contributed by atoms with Crippen LogP contribution in [-0.4, -0.2) is 40.2 Å². The van der Waals surface area contributed by atoms with Crippen LogP contribution >= 0.6 is 11.3 Å². The van der Waals surface area contributed by atoms with Gasteiger partial charge in [-0.05, 0) is 67.2 Å². The average Bonchev–Trinajstić information content (AvgIpc) is 3.44. The molecule has 1 aliphatic carbocycles. The number of aromatic nitrogens is 1. The molecular weight excluding hydrogens is 434 g/mol. The fraction of sp³-hybridized carbons (Fsp3) is 0.308. The zero-order chi connectivity index (χ0) is 23.0. The first-order valence-electron chi connectivity index (χ1n) is 11.1. The summed E-state index contributed by atoms with van der Waals surface area (Å²) >= 11 is 1.41. The van der Waals surface area contributed by atoms with Gasteiger partial charge in [0.05, 0.1) is 10.7 Å². The Kier molecular flexibility index (Phi) is 5.78. The fourth-order valence-corrected chi connectivity index (χ4v) is 6.06. The quantitative estimate of drug-likeness (QED) is 0.495. The molecule has 1 amide bonds. The minimum absolute atomic E-state index is 0.226. The maximum atomic E-state index is 12.2. The number of thiazole rings is 1. The van der Waals surface area contributed by atoms with Gasteiger partial charge in [0, 0.05) is 24.6 Å². The van der Waals surface area contributed by atoms with Crippen LogP contribution < -0.4 is 10.5 Å². The molecule has 6 nitrogen and oxygen atoms in total. The van der Waals surface area contributed by atoms with Crippen molar-refractivity contribution in [3.05, 3.63) is 77.1 Å². The van der Waals surface area contributed by atoms with E-state index in [9.17, 15) is 9.90 Å². The van der Waals surface area contributed by atoms with Crippen molar-refractivity contribution in [1.82, 2.24) is 9.88 Å². The van der Waals surface area contributed by atoms with Crippen molar-refractivity contribution in [1.29, 1.82) is 0 Å². The topological polar surface area (TPSA) is 88.7 Å². The second kappa shape index (κ2) is 8.74. The molecule has 1 saturated heterocycles. The number of aliphatic hydroxyl groups is 1. The predicted molar refractivity (Wildman–Crippen MR) is 129 cm³/mol. The number of hydrogen-bond donors (Lipinski definition) is 2. The van der Waals surface area contributed by atoms with E-state index in [1.165, 1.54) is 11.3 Å². The van der Waals surface area contributed by atoms with Crippen molar-refractivity contribution in [2.24, 2.45) is 11.1 Å². The van der Waals surface area contributed by atoms with Gasteiger partial charge in [0.15, 0.2) is 0 Å². The number of nitrogens with zero attached hydrogens (tertiary/aromatic N) is 2. The maximum Gasteiger partial charge on any atom is 0.261 e. The fourth-order valence-electron chi connectivity index (χ4n) is 5.02. The maximum absolute atomic E-state index is 12.2. The van der Waals surface area contributed by atoms with E-state index in [-0.39, 0.29) is 5.41 Å². The van der Waals surface area contributed by atoms with E-state index < -0.39 is 12.1 Å². The third-order valence-corrected chi connectivity index (χ3v) is 7.97. The molecule has 1 atom stereocenters. The molecule has 0 bridgehead atoms. The molecule has 7 heteroatoms. The number of nitrogens with two attached hydrogens (primary N) is 1. The number of carbonyl (C=O) groups is 1. The molecule has 2 aliphatic rings. The van der Waals surface area contributed by atoms with Crippen molar-refractivity contribution in [3.63, 3.8) is 0 Å². The molecule has 33 heavy (non-hydrogen) atoms. The summed E-state index contributed by atoms with van der Waals surface area (Å²) in [5.41, 5.74) is 7.42. The lowest BCUT2D eigenvalue weighted by Gasteiger charge is -2.44. The van der Waals surface area contributed by atoms with Crippen molar-refractivity contribution < 1.29 is 14.6 Å². The molecule has 5 rings (SSSR count). The number of para-hydroxylation sites is 1. The van der Waals surface area contributed by atoms with Crippen molar-refractivity contribution in [3.8, 4) is 22.8 Å². The summed E-state index contributed by atoms with van der Waals surface area (Å²) in [7, 11) is 0. The Morgan fingerprint density at radius 1 is 1.21 bits per heavy atom. The molecule has 170 valence electrons. The van der Waals surface area contributed by atoms with Gasteiger partial charge in [0.25, 0.3) is 5.91 Å². The number of aliphatic hydroxyl groups excluding tert-OH is 1. The van der Waals surface area contributed by atoms with Gasteiger partial charge < -0.3 is 15.6 Å². The number of ether oxygens (including phenoxy) is 1. The van der Waals surface area contributed by atoms with Crippen LogP contribution in [0, 0.1) is 5.41 Å². The molecule has 1 saturated carbocycles. The van der Waals surface area contributed by atoms with E-state index in [0.717, 1.165) is 54.4 Å². The third kappa shape index (κ3) is 4.31. The lowest BCUT2D eigenvalue weighted by molar-refractivity contribution is 0.0324. The summed E-state index contributed by atoms with van der Waals surface area (Å²) in [4.78, 5) is 19.6. The van der Waals surface area contributed by atoms with Crippen LogP contribution in [-0.2, 0) is 0 Å². The Morgan fingerprint density at radius 2 is 1.91 bits per heavy atom. The van der Waals surface area contributed by atoms with Crippen LogP contribution in [0.2, 0.25) is 0 Å². The second-order valence-electron chi connectivity index (χ2n) is 9.01. The number of rotatable bonds is 7. The molecule has 3 aromatic rings. The van der Waals surface area contributed by atoms with Crippen LogP contribution in [0.3, 0.4) is 0 Å². The smallest absolute Gasteiger partial charge is 0.261 e. The number of benzene rings is 2. The molecule has 2 aromatic carbocycles. The Bertz CT molecular complexity index is 1150. The molecular formula is C26H27N3O3S. The summed E-state index contributed by atoms with van der Waals surface area (Å²) in [6.45, 7) is 5.45. The van der Waals surface area contributed by atoms with E-state index in [1.807, 2.05) is 54.6 Å². The standard InChI is InChI=1S/C26H27N3O3S/c1-2-21(30)29-13-12-26(16-29)14-18(15-26)25-28-22(23(33-25)24(27)31)17-8-10-20(11-9-17)32-19-6-4-3-5-7-19/h2-11,18,21,30H,1,12-16H2,(H2,27,31)/t18-,21?,26+. The van der Waals surface area contributed by atoms with Crippen LogP contribution in [0.25, 0.3) is 11.3 Å². The van der Waals surface area contributed by atoms with Crippen LogP contribution in [0.1, 0.15) is 39.9 Å². The first-order chi connectivity index (χ1) is 16.0. The van der Waals surface area contributed by atoms with Gasteiger partial charge in [-0.2, -0.15) is 0 Å². The second-order valence-corrected chi connectivity index (χ2v) is 10.0. The highest BCUT2D eigenvalue weighted by Crippen LogP contribution is 2.57. The summed E-state index contributed by atoms with van der Waals surface area (Å²) in [5, 5.41) is 11.0. The third-order valence-electron chi connectivity index (χ3n) is 6.74. The van der Waals surface area contributed by atoms with Gasteiger partial charge in [-0.1, -0.05) is 24.8 Å². The number of amides is 1. The van der Waals surface area contributed by atoms with Gasteiger partial charge >= 0.3 is 0 Å². The largest absolute Gasteiger partial charge is 0.457 e. The number of hydrogen-bond acceptors (Lipinski definition) is 6. The first kappa shape index (κ1) is 21.8. The van der Waals surface area contributed by atoms with Crippen molar-refractivity contribution in [2.75, 3.05) is 13.1 Å². The Balaban J connectivity index is 1.31. The molecule has 1 spiro atoms. The van der Waals surface area contributed by atoms with Gasteiger partial charge in [0.2, 0.25) is 0 Å². The minimum Gasteiger partial charge on any atom is -0.457 e. The van der Waals surface area contributed by atoms with E-state index in [0.29, 0.717) is 16.5 Å². The highest BCUT2D eigenvalue weighted by Gasteiger charge is 2.50. The number of likely N-dealkylation sites (tertiary alicyclic amines) is 1. The summed E-state index contributed by atoms with van der Waals surface area (Å²) in [5.74, 6) is 1.36. The van der Waals surface area contributed by atoms with Crippen LogP contribution in [0.5, 0.6) is 11.5 Å². The molecule has 2 heterocycles. The number of carbonyl (C=O) groups excluding carboxylic acids is 1. The first-order valence-corrected chi connectivity index (χ1v) is 12.0. The summed E-state index contributed by atoms with van der Waals surface area (Å²) in [6, 6.07) is 17.2. The SMILES string of the molecule is C=CC(O)N1CC[C@]2(C1)C[C@@H](c1nc(-c3ccc(Oc4ccccc4)cc3)c(C(N)=O)s1)C2. The van der Waals surface area contributed by atoms with E-state index in [4.69, 9.17) is 15.5 Å². The Morgan fingerprint density at radius 3 is 2.58 bits per heavy atom. The highest BCUT2D eigenvalue weighted by atomic mass is 32.1. The molecule has 1 aliphatic heterocycles. The molecule has 1 unspecified atom stereocenters. The lowest BCUT2D eigenvalue weighted by Crippen LogP contribution is -2.40. The van der Waals surface area contributed by atoms with Gasteiger partial charge in [-0.3, -0.25) is 9.69 Å². The minimum atomic E-state index is -0.579. The lowest BCUT2D eigenvalue weighted by atomic mass is 9.61. The van der Waals surface area contributed by atoms with Crippen LogP contribution in [0.15, 0.2) is 67.3 Å². The van der Waals surface area contributed by atoms with Crippen LogP contribution in [0.4, 0.5) is 0 Å². The molecule has 0 radical (unpaired) electrons. The van der Waals surface area contributed by atoms with Gasteiger partial charge in [-0.15, -0.1) is 11.3 Å². The Labute approximate surface area is 197 Å². The Hall–Kier alpha value is -3.00. The number of primary amides is 1. The van der Waals surface area contributed by atoms with E-state index in [2.05, 4.69) is 11.5 Å². The molecule has 1 aromatic heterocycles. The van der Waals surface area contributed by atoms with E-state index >= 15 is 0 Å². The van der Waals surface area contributed by atoms with Gasteiger partial charge in [-0.25, -0.2) is 4.98 Å². The van der Waals surface area contributed by atoms with Crippen molar-refractivity contribution in [2.45, 2.75) is 31.4 Å². The molecule has 2 fully saturated rings. The summed E-state index contributed by atoms with van der Waals surface area (Å²) in [6.07, 6.45) is 4.10. The van der Waals surface area contributed by atoms with E-state index in [1.54, 1.807) is 6.08 Å². The summed E-state index contributed by atoms with van der Waals surface area (Å²) < 4.78 is 5.87. The predicted octanol–water partition coefficient (Wildman–Crippen LogP) is 4.78. The monoisotopic (exact) mass is 461 g/mol. The normalized spacial score (nSPS) is 23.2. The van der Waals surface area contributed by atoms with Gasteiger partial charge in [0.1, 0.15) is 22.6 Å². The molecule has 3 N–H and O–H groups in total.